The number of amides is 2. The van der Waals surface area contributed by atoms with Crippen LogP contribution in [-0.2, 0) is 16.1 Å². The van der Waals surface area contributed by atoms with Crippen molar-refractivity contribution in [2.45, 2.75) is 70.1 Å². The van der Waals surface area contributed by atoms with Gasteiger partial charge in [-0.1, -0.05) is 25.0 Å². The Labute approximate surface area is 182 Å². The average Bonchev–Trinajstić information content (AvgIpc) is 3.21. The number of likely N-dealkylation sites (tertiary alicyclic amines) is 1. The average molecular weight is 426 g/mol. The van der Waals surface area contributed by atoms with Crippen molar-refractivity contribution in [1.82, 2.24) is 14.8 Å². The van der Waals surface area contributed by atoms with Gasteiger partial charge >= 0.3 is 0 Å². The van der Waals surface area contributed by atoms with Gasteiger partial charge in [-0.05, 0) is 44.7 Å². The van der Waals surface area contributed by atoms with Crippen molar-refractivity contribution in [2.24, 2.45) is 17.8 Å². The second-order valence-corrected chi connectivity index (χ2v) is 9.54. The van der Waals surface area contributed by atoms with Gasteiger partial charge in [0.15, 0.2) is 0 Å². The fourth-order valence-corrected chi connectivity index (χ4v) is 5.95. The first kappa shape index (κ1) is 20.5. The molecule has 3 heterocycles. The van der Waals surface area contributed by atoms with E-state index in [9.17, 15) is 19.5 Å². The third-order valence-corrected chi connectivity index (χ3v) is 7.60. The summed E-state index contributed by atoms with van der Waals surface area (Å²) in [7, 11) is 0. The molecule has 2 aliphatic heterocycles. The fourth-order valence-electron chi connectivity index (χ4n) is 5.95. The molecule has 5 rings (SSSR count). The van der Waals surface area contributed by atoms with E-state index in [2.05, 4.69) is 5.32 Å². The molecule has 1 aromatic rings. The van der Waals surface area contributed by atoms with Crippen LogP contribution < -0.4 is 10.9 Å². The lowest BCUT2D eigenvalue weighted by molar-refractivity contribution is -0.143. The molecule has 0 radical (unpaired) electrons. The van der Waals surface area contributed by atoms with Crippen LogP contribution in [0.4, 0.5) is 0 Å². The summed E-state index contributed by atoms with van der Waals surface area (Å²) in [5, 5.41) is 13.5. The van der Waals surface area contributed by atoms with Crippen molar-refractivity contribution in [2.75, 3.05) is 6.61 Å². The first-order chi connectivity index (χ1) is 15.0. The van der Waals surface area contributed by atoms with Gasteiger partial charge < -0.3 is 19.9 Å². The number of fused-ring (bicyclic) bond motifs is 3. The number of aliphatic hydroxyl groups is 1. The van der Waals surface area contributed by atoms with Crippen molar-refractivity contribution in [1.29, 1.82) is 0 Å². The Morgan fingerprint density at radius 2 is 1.94 bits per heavy atom. The molecule has 4 aliphatic rings. The van der Waals surface area contributed by atoms with Gasteiger partial charge in [0, 0.05) is 48.2 Å². The van der Waals surface area contributed by atoms with Crippen LogP contribution in [0.25, 0.3) is 6.08 Å². The summed E-state index contributed by atoms with van der Waals surface area (Å²) in [6, 6.07) is 2.87. The molecule has 166 valence electrons. The summed E-state index contributed by atoms with van der Waals surface area (Å²) < 4.78 is 1.74. The minimum Gasteiger partial charge on any atom is -0.396 e. The lowest BCUT2D eigenvalue weighted by Crippen LogP contribution is -2.52. The summed E-state index contributed by atoms with van der Waals surface area (Å²) in [5.74, 6) is -0.702. The Morgan fingerprint density at radius 3 is 2.58 bits per heavy atom. The van der Waals surface area contributed by atoms with Crippen molar-refractivity contribution < 1.29 is 14.7 Å². The summed E-state index contributed by atoms with van der Waals surface area (Å²) in [5.41, 5.74) is 1.32. The molecule has 2 saturated carbocycles. The van der Waals surface area contributed by atoms with E-state index in [1.165, 1.54) is 0 Å². The van der Waals surface area contributed by atoms with Crippen LogP contribution in [0.1, 0.15) is 62.7 Å². The summed E-state index contributed by atoms with van der Waals surface area (Å²) in [4.78, 5) is 41.5. The maximum absolute atomic E-state index is 13.4. The van der Waals surface area contributed by atoms with Gasteiger partial charge in [-0.15, -0.1) is 0 Å². The van der Waals surface area contributed by atoms with E-state index in [0.29, 0.717) is 12.1 Å². The lowest BCUT2D eigenvalue weighted by atomic mass is 9.88. The van der Waals surface area contributed by atoms with E-state index in [1.807, 2.05) is 19.1 Å². The largest absolute Gasteiger partial charge is 0.396 e. The molecule has 2 aliphatic carbocycles. The number of nitrogens with one attached hydrogen (secondary N) is 1. The van der Waals surface area contributed by atoms with Crippen LogP contribution >= 0.6 is 0 Å². The Balaban J connectivity index is 1.54. The minimum absolute atomic E-state index is 0.00375. The van der Waals surface area contributed by atoms with Gasteiger partial charge in [-0.25, -0.2) is 0 Å². The van der Waals surface area contributed by atoms with Crippen LogP contribution in [0.5, 0.6) is 0 Å². The highest BCUT2D eigenvalue weighted by molar-refractivity contribution is 5.91. The molecule has 2 amide bonds. The number of allylic oxidation sites excluding steroid dienone is 1. The van der Waals surface area contributed by atoms with Crippen LogP contribution in [0.3, 0.4) is 0 Å². The molecule has 31 heavy (non-hydrogen) atoms. The van der Waals surface area contributed by atoms with E-state index in [4.69, 9.17) is 0 Å². The maximum Gasteiger partial charge on any atom is 0.258 e. The van der Waals surface area contributed by atoms with E-state index in [0.717, 1.165) is 44.2 Å². The zero-order valence-corrected chi connectivity index (χ0v) is 18.0. The Kier molecular flexibility index (Phi) is 5.24. The molecule has 0 unspecified atom stereocenters. The standard InChI is InChI=1S/C24H31N3O4/c1-2-5-14-10-11-19-20-17(12-26(19)23(14)30)18(13-28)21(27(20)24(31)15-8-9-15)22(29)25-16-6-3-4-7-16/h2,5,10-11,15-18,20-21,28H,3-4,6-9,12-13H2,1H3,(H,25,29)/b5-2+/t17-,18-,20+,21-/m0/s1. The van der Waals surface area contributed by atoms with Crippen molar-refractivity contribution in [3.05, 3.63) is 39.8 Å². The molecule has 0 spiro atoms. The number of carbonyl (C=O) groups is 2. The summed E-state index contributed by atoms with van der Waals surface area (Å²) >= 11 is 0. The molecule has 4 atom stereocenters. The van der Waals surface area contributed by atoms with Gasteiger partial charge in [0.2, 0.25) is 11.8 Å². The van der Waals surface area contributed by atoms with E-state index >= 15 is 0 Å². The molecule has 0 aromatic carbocycles. The van der Waals surface area contributed by atoms with Crippen molar-refractivity contribution in [3.8, 4) is 0 Å². The first-order valence-electron chi connectivity index (χ1n) is 11.6. The molecular formula is C24H31N3O4. The maximum atomic E-state index is 13.4. The van der Waals surface area contributed by atoms with Crippen LogP contribution in [0.2, 0.25) is 0 Å². The monoisotopic (exact) mass is 425 g/mol. The van der Waals surface area contributed by atoms with E-state index < -0.39 is 6.04 Å². The fraction of sp³-hybridized carbons (Fsp3) is 0.625. The van der Waals surface area contributed by atoms with E-state index in [1.54, 1.807) is 21.6 Å². The molecular weight excluding hydrogens is 394 g/mol. The van der Waals surface area contributed by atoms with Gasteiger partial charge in [0.1, 0.15) is 6.04 Å². The molecule has 7 nitrogen and oxygen atoms in total. The highest BCUT2D eigenvalue weighted by Gasteiger charge is 2.58. The van der Waals surface area contributed by atoms with Crippen molar-refractivity contribution >= 4 is 17.9 Å². The number of nitrogens with zero attached hydrogens (tertiary/aromatic N) is 2. The molecule has 7 heteroatoms. The van der Waals surface area contributed by atoms with Gasteiger partial charge in [-0.2, -0.15) is 0 Å². The number of carbonyl (C=O) groups excluding carboxylic acids is 2. The molecule has 0 bridgehead atoms. The Bertz CT molecular complexity index is 974. The number of hydrogen-bond donors (Lipinski definition) is 2. The third kappa shape index (κ3) is 3.34. The van der Waals surface area contributed by atoms with Crippen molar-refractivity contribution in [3.63, 3.8) is 0 Å². The number of hydrogen-bond acceptors (Lipinski definition) is 4. The molecule has 2 N–H and O–H groups in total. The smallest absolute Gasteiger partial charge is 0.258 e. The molecule has 3 fully saturated rings. The normalized spacial score (nSPS) is 30.1. The number of pyridine rings is 1. The van der Waals surface area contributed by atoms with Gasteiger partial charge in [0.25, 0.3) is 5.56 Å². The lowest BCUT2D eigenvalue weighted by Gasteiger charge is -2.32. The number of aliphatic hydroxyl groups excluding tert-OH is 1. The van der Waals surface area contributed by atoms with E-state index in [-0.39, 0.29) is 53.8 Å². The third-order valence-electron chi connectivity index (χ3n) is 7.60. The molecule has 1 saturated heterocycles. The Hall–Kier alpha value is -2.41. The summed E-state index contributed by atoms with van der Waals surface area (Å²) in [6.07, 6.45) is 9.48. The van der Waals surface area contributed by atoms with Crippen LogP contribution in [-0.4, -0.2) is 45.1 Å². The first-order valence-corrected chi connectivity index (χ1v) is 11.6. The van der Waals surface area contributed by atoms with Crippen LogP contribution in [0.15, 0.2) is 23.0 Å². The summed E-state index contributed by atoms with van der Waals surface area (Å²) in [6.45, 7) is 2.12. The van der Waals surface area contributed by atoms with Crippen LogP contribution in [0, 0.1) is 17.8 Å². The van der Waals surface area contributed by atoms with Gasteiger partial charge in [-0.3, -0.25) is 14.4 Å². The second-order valence-electron chi connectivity index (χ2n) is 9.54. The Morgan fingerprint density at radius 1 is 1.19 bits per heavy atom. The zero-order chi connectivity index (χ0) is 21.7. The predicted octanol–water partition coefficient (Wildman–Crippen LogP) is 1.84. The topological polar surface area (TPSA) is 91.6 Å². The second kappa shape index (κ2) is 7.93. The highest BCUT2D eigenvalue weighted by Crippen LogP contribution is 2.51. The zero-order valence-electron chi connectivity index (χ0n) is 18.0. The van der Waals surface area contributed by atoms with Gasteiger partial charge in [0.05, 0.1) is 6.04 Å². The number of aromatic nitrogens is 1. The number of rotatable bonds is 5. The highest BCUT2D eigenvalue weighted by atomic mass is 16.3. The minimum atomic E-state index is -0.673. The quantitative estimate of drug-likeness (QED) is 0.753. The molecule has 1 aromatic heterocycles. The predicted molar refractivity (Wildman–Crippen MR) is 116 cm³/mol. The SMILES string of the molecule is C/C=C/c1ccc2n(c1=O)C[C@H]1[C@H](CO)[C@@H](C(=O)NC3CCCC3)N(C(=O)C3CC3)[C@@H]21.